The summed E-state index contributed by atoms with van der Waals surface area (Å²) in [6.07, 6.45) is 0. The molecule has 0 saturated carbocycles. The van der Waals surface area contributed by atoms with Crippen LogP contribution in [0.15, 0.2) is 15.9 Å². The zero-order chi connectivity index (χ0) is 5.98. The number of aliphatic imine (C=N–C) groups is 1. The van der Waals surface area contributed by atoms with Crippen molar-refractivity contribution in [3.8, 4) is 0 Å². The Morgan fingerprint density at radius 2 is 2.25 bits per heavy atom. The summed E-state index contributed by atoms with van der Waals surface area (Å²) < 4.78 is 0. The number of nitrogens with zero attached hydrogens (tertiary/aromatic N) is 2. The van der Waals surface area contributed by atoms with Gasteiger partial charge in [0.15, 0.2) is 11.6 Å². The summed E-state index contributed by atoms with van der Waals surface area (Å²) in [6.45, 7) is 3.50. The molecule has 0 aliphatic carbocycles. The highest BCUT2D eigenvalue weighted by atomic mass is 16.6. The fraction of sp³-hybridized carbons (Fsp3) is 0.400. The van der Waals surface area contributed by atoms with Gasteiger partial charge >= 0.3 is 0 Å². The second-order valence-corrected chi connectivity index (χ2v) is 1.51. The van der Waals surface area contributed by atoms with Crippen LogP contribution in [-0.4, -0.2) is 11.7 Å². The lowest BCUT2D eigenvalue weighted by Crippen LogP contribution is -1.93. The smallest absolute Gasteiger partial charge is 0.192 e. The van der Waals surface area contributed by atoms with Crippen molar-refractivity contribution in [2.24, 2.45) is 10.1 Å². The molecule has 0 amide bonds. The maximum atomic E-state index is 4.69. The van der Waals surface area contributed by atoms with Gasteiger partial charge in [0.25, 0.3) is 0 Å². The van der Waals surface area contributed by atoms with Crippen molar-refractivity contribution in [2.75, 3.05) is 0 Å². The highest BCUT2D eigenvalue weighted by Crippen LogP contribution is 1.95. The van der Waals surface area contributed by atoms with Gasteiger partial charge in [0.05, 0.1) is 0 Å². The van der Waals surface area contributed by atoms with Gasteiger partial charge in [-0.05, 0) is 0 Å². The molecular weight excluding hydrogens is 104 g/mol. The molecule has 0 aromatic heterocycles. The van der Waals surface area contributed by atoms with Crippen molar-refractivity contribution < 1.29 is 4.84 Å². The van der Waals surface area contributed by atoms with Gasteiger partial charge < -0.3 is 4.84 Å². The minimum absolute atomic E-state index is 0.607. The summed E-state index contributed by atoms with van der Waals surface area (Å²) in [5, 5.41) is 3.56. The van der Waals surface area contributed by atoms with Crippen molar-refractivity contribution in [2.45, 2.75) is 13.8 Å². The van der Waals surface area contributed by atoms with Crippen LogP contribution in [-0.2, 0) is 4.84 Å². The lowest BCUT2D eigenvalue weighted by atomic mass is 10.6. The van der Waals surface area contributed by atoms with Crippen LogP contribution in [0.4, 0.5) is 0 Å². The molecule has 3 heteroatoms. The normalized spacial score (nSPS) is 16.8. The van der Waals surface area contributed by atoms with E-state index in [-0.39, 0.29) is 0 Å². The van der Waals surface area contributed by atoms with E-state index >= 15 is 0 Å². The van der Waals surface area contributed by atoms with Gasteiger partial charge in [-0.15, -0.1) is 0 Å². The van der Waals surface area contributed by atoms with Crippen LogP contribution in [0.5, 0.6) is 0 Å². The molecule has 0 saturated heterocycles. The van der Waals surface area contributed by atoms with Gasteiger partial charge in [-0.25, -0.2) is 0 Å². The van der Waals surface area contributed by atoms with Crippen LogP contribution in [0.3, 0.4) is 0 Å². The van der Waals surface area contributed by atoms with E-state index in [2.05, 4.69) is 20.9 Å². The molecule has 0 aromatic rings. The van der Waals surface area contributed by atoms with E-state index in [1.165, 1.54) is 0 Å². The molecule has 0 aromatic carbocycles. The van der Waals surface area contributed by atoms with Gasteiger partial charge in [0.1, 0.15) is 0 Å². The fourth-order valence-electron chi connectivity index (χ4n) is 0.335. The summed E-state index contributed by atoms with van der Waals surface area (Å²) in [5.41, 5.74) is 0. The zero-order valence-electron chi connectivity index (χ0n) is 4.80. The third-order valence-electron chi connectivity index (χ3n) is 0.690. The fourth-order valence-corrected chi connectivity index (χ4v) is 0.335. The maximum absolute atomic E-state index is 4.69. The second kappa shape index (κ2) is 1.80. The minimum Gasteiger partial charge on any atom is -0.350 e. The van der Waals surface area contributed by atoms with Gasteiger partial charge in [0, 0.05) is 19.7 Å². The SMILES string of the molecule is CC1=C=NC(C)=NO1. The molecule has 8 heavy (non-hydrogen) atoms. The molecule has 1 aliphatic rings. The first kappa shape index (κ1) is 5.06. The Balaban J connectivity index is 2.86. The highest BCUT2D eigenvalue weighted by molar-refractivity contribution is 5.87. The molecule has 0 fully saturated rings. The van der Waals surface area contributed by atoms with E-state index in [4.69, 9.17) is 0 Å². The Morgan fingerprint density at radius 1 is 1.50 bits per heavy atom. The standard InChI is InChI=1S/C5H6N2O/c1-4-3-6-5(2)7-8-4/h1-2H3. The molecular formula is C5H6N2O. The third kappa shape index (κ3) is 0.950. The van der Waals surface area contributed by atoms with Gasteiger partial charge in [0.2, 0.25) is 0 Å². The number of hydrogen-bond acceptors (Lipinski definition) is 3. The quantitative estimate of drug-likeness (QED) is 0.456. The van der Waals surface area contributed by atoms with Crippen molar-refractivity contribution in [1.29, 1.82) is 0 Å². The summed E-state index contributed by atoms with van der Waals surface area (Å²) in [4.78, 5) is 8.44. The van der Waals surface area contributed by atoms with Crippen LogP contribution in [0.1, 0.15) is 13.8 Å². The van der Waals surface area contributed by atoms with Crippen molar-refractivity contribution >= 4 is 11.7 Å². The predicted molar refractivity (Wildman–Crippen MR) is 30.8 cm³/mol. The first-order valence-electron chi connectivity index (χ1n) is 2.31. The summed E-state index contributed by atoms with van der Waals surface area (Å²) in [6, 6.07) is 0. The minimum atomic E-state index is 0.607. The second-order valence-electron chi connectivity index (χ2n) is 1.51. The van der Waals surface area contributed by atoms with Crippen LogP contribution in [0.2, 0.25) is 0 Å². The van der Waals surface area contributed by atoms with E-state index in [1.807, 2.05) is 0 Å². The molecule has 42 valence electrons. The van der Waals surface area contributed by atoms with E-state index < -0.39 is 0 Å². The van der Waals surface area contributed by atoms with Gasteiger partial charge in [-0.2, -0.15) is 4.99 Å². The van der Waals surface area contributed by atoms with E-state index in [0.717, 1.165) is 0 Å². The summed E-state index contributed by atoms with van der Waals surface area (Å²) in [5.74, 6) is 3.83. The Hall–Kier alpha value is -1.08. The molecule has 0 N–H and O–H groups in total. The molecule has 0 radical (unpaired) electrons. The molecule has 0 unspecified atom stereocenters. The van der Waals surface area contributed by atoms with E-state index in [9.17, 15) is 0 Å². The number of rotatable bonds is 0. The van der Waals surface area contributed by atoms with E-state index in [0.29, 0.717) is 11.6 Å². The van der Waals surface area contributed by atoms with Crippen molar-refractivity contribution in [1.82, 2.24) is 0 Å². The number of hydrogen-bond donors (Lipinski definition) is 0. The Labute approximate surface area is 47.4 Å². The van der Waals surface area contributed by atoms with Crippen LogP contribution in [0.25, 0.3) is 0 Å². The first-order valence-corrected chi connectivity index (χ1v) is 2.31. The summed E-state index contributed by atoms with van der Waals surface area (Å²) in [7, 11) is 0. The molecule has 1 aliphatic heterocycles. The molecule has 0 bridgehead atoms. The van der Waals surface area contributed by atoms with Crippen molar-refractivity contribution in [3.63, 3.8) is 0 Å². The monoisotopic (exact) mass is 110 g/mol. The number of allylic oxidation sites excluding steroid dienone is 1. The molecule has 0 atom stereocenters. The Kier molecular flexibility index (Phi) is 1.14. The van der Waals surface area contributed by atoms with Crippen LogP contribution in [0, 0.1) is 0 Å². The predicted octanol–water partition coefficient (Wildman–Crippen LogP) is 0.923. The van der Waals surface area contributed by atoms with Crippen LogP contribution >= 0.6 is 0 Å². The zero-order valence-corrected chi connectivity index (χ0v) is 4.80. The Bertz CT molecular complexity index is 187. The molecule has 1 heterocycles. The van der Waals surface area contributed by atoms with Crippen LogP contribution < -0.4 is 0 Å². The number of amidine groups is 1. The molecule has 0 spiro atoms. The Morgan fingerprint density at radius 3 is 2.62 bits per heavy atom. The largest absolute Gasteiger partial charge is 0.350 e. The molecule has 3 nitrogen and oxygen atoms in total. The van der Waals surface area contributed by atoms with Gasteiger partial charge in [-0.3, -0.25) is 0 Å². The third-order valence-corrected chi connectivity index (χ3v) is 0.690. The van der Waals surface area contributed by atoms with E-state index in [1.54, 1.807) is 13.8 Å². The van der Waals surface area contributed by atoms with Crippen molar-refractivity contribution in [3.05, 3.63) is 5.76 Å². The lowest BCUT2D eigenvalue weighted by molar-refractivity contribution is 0.232. The lowest BCUT2D eigenvalue weighted by Gasteiger charge is -1.96. The number of oxime groups is 1. The topological polar surface area (TPSA) is 34.0 Å². The maximum Gasteiger partial charge on any atom is 0.192 e. The summed E-state index contributed by atoms with van der Waals surface area (Å²) >= 11 is 0. The average Bonchev–Trinajstić information content (AvgIpc) is 1.77. The highest BCUT2D eigenvalue weighted by Gasteiger charge is 1.92. The average molecular weight is 110 g/mol. The first-order chi connectivity index (χ1) is 3.79. The van der Waals surface area contributed by atoms with Gasteiger partial charge in [-0.1, -0.05) is 5.16 Å². The molecule has 1 rings (SSSR count).